The van der Waals surface area contributed by atoms with Gasteiger partial charge in [0.05, 0.1) is 5.69 Å². The van der Waals surface area contributed by atoms with Crippen LogP contribution in [-0.2, 0) is 6.54 Å². The van der Waals surface area contributed by atoms with Crippen molar-refractivity contribution in [3.63, 3.8) is 0 Å². The smallest absolute Gasteiger partial charge is 0.204 e. The maximum atomic E-state index is 11.1. The minimum absolute atomic E-state index is 0.0762. The summed E-state index contributed by atoms with van der Waals surface area (Å²) in [6, 6.07) is 1.55. The number of nitrogen functional groups attached to an aromatic ring is 1. The van der Waals surface area contributed by atoms with Crippen molar-refractivity contribution >= 4 is 5.69 Å². The third-order valence-electron chi connectivity index (χ3n) is 2.95. The Morgan fingerprint density at radius 3 is 2.79 bits per heavy atom. The topological polar surface area (TPSA) is 48.0 Å². The second-order valence-electron chi connectivity index (χ2n) is 4.11. The van der Waals surface area contributed by atoms with E-state index in [1.165, 1.54) is 25.7 Å². The molecule has 1 aliphatic rings. The molecule has 0 bridgehead atoms. The molecule has 1 aromatic heterocycles. The first-order valence-corrected chi connectivity index (χ1v) is 5.21. The Morgan fingerprint density at radius 2 is 2.14 bits per heavy atom. The monoisotopic (exact) mass is 192 g/mol. The number of anilines is 1. The van der Waals surface area contributed by atoms with Crippen LogP contribution in [0.2, 0.25) is 0 Å². The maximum Gasteiger partial charge on any atom is 0.204 e. The molecule has 0 amide bonds. The first-order valence-electron chi connectivity index (χ1n) is 5.21. The molecular formula is C11H16N2O. The van der Waals surface area contributed by atoms with Crippen LogP contribution in [0.3, 0.4) is 0 Å². The lowest BCUT2D eigenvalue weighted by Gasteiger charge is -2.12. The summed E-state index contributed by atoms with van der Waals surface area (Å²) in [7, 11) is 0. The van der Waals surface area contributed by atoms with Crippen LogP contribution in [0.25, 0.3) is 0 Å². The Labute approximate surface area is 83.5 Å². The second-order valence-corrected chi connectivity index (χ2v) is 4.11. The third kappa shape index (κ3) is 1.97. The SMILES string of the molecule is Nc1cn(CC2CCCC2)ccc1=O. The standard InChI is InChI=1S/C11H16N2O/c12-10-8-13(6-5-11(10)14)7-9-3-1-2-4-9/h5-6,8-9H,1-4,7,12H2. The van der Waals surface area contributed by atoms with Gasteiger partial charge < -0.3 is 10.3 Å². The molecule has 0 atom stereocenters. The van der Waals surface area contributed by atoms with Gasteiger partial charge in [-0.15, -0.1) is 0 Å². The number of rotatable bonds is 2. The molecule has 0 aromatic carbocycles. The van der Waals surface area contributed by atoms with Crippen molar-refractivity contribution < 1.29 is 0 Å². The molecule has 0 spiro atoms. The molecular weight excluding hydrogens is 176 g/mol. The van der Waals surface area contributed by atoms with E-state index in [0.717, 1.165) is 12.5 Å². The van der Waals surface area contributed by atoms with Crippen molar-refractivity contribution in [3.05, 3.63) is 28.7 Å². The summed E-state index contributed by atoms with van der Waals surface area (Å²) in [6.45, 7) is 1.00. The summed E-state index contributed by atoms with van der Waals surface area (Å²) in [5, 5.41) is 0. The van der Waals surface area contributed by atoms with Gasteiger partial charge in [0.25, 0.3) is 0 Å². The van der Waals surface area contributed by atoms with E-state index in [-0.39, 0.29) is 5.43 Å². The van der Waals surface area contributed by atoms with Gasteiger partial charge in [0.15, 0.2) is 0 Å². The average molecular weight is 192 g/mol. The molecule has 14 heavy (non-hydrogen) atoms. The average Bonchev–Trinajstić information content (AvgIpc) is 2.64. The fourth-order valence-corrected chi connectivity index (χ4v) is 2.15. The van der Waals surface area contributed by atoms with Gasteiger partial charge in [-0.25, -0.2) is 0 Å². The molecule has 0 radical (unpaired) electrons. The number of pyridine rings is 1. The number of aromatic nitrogens is 1. The van der Waals surface area contributed by atoms with Gasteiger partial charge in [-0.1, -0.05) is 12.8 Å². The normalized spacial score (nSPS) is 17.4. The molecule has 0 saturated heterocycles. The van der Waals surface area contributed by atoms with Gasteiger partial charge in [-0.3, -0.25) is 4.79 Å². The largest absolute Gasteiger partial charge is 0.394 e. The fourth-order valence-electron chi connectivity index (χ4n) is 2.15. The lowest BCUT2D eigenvalue weighted by atomic mass is 10.1. The molecule has 0 unspecified atom stereocenters. The number of hydrogen-bond acceptors (Lipinski definition) is 2. The molecule has 3 nitrogen and oxygen atoms in total. The lowest BCUT2D eigenvalue weighted by molar-refractivity contribution is 0.456. The molecule has 1 aromatic rings. The van der Waals surface area contributed by atoms with Crippen molar-refractivity contribution in [1.29, 1.82) is 0 Å². The Kier molecular flexibility index (Phi) is 2.57. The van der Waals surface area contributed by atoms with E-state index >= 15 is 0 Å². The molecule has 2 rings (SSSR count). The highest BCUT2D eigenvalue weighted by Gasteiger charge is 2.14. The molecule has 1 heterocycles. The highest BCUT2D eigenvalue weighted by Crippen LogP contribution is 2.25. The Balaban J connectivity index is 2.09. The minimum Gasteiger partial charge on any atom is -0.394 e. The fraction of sp³-hybridized carbons (Fsp3) is 0.545. The molecule has 3 heteroatoms. The quantitative estimate of drug-likeness (QED) is 0.774. The molecule has 76 valence electrons. The van der Waals surface area contributed by atoms with Crippen LogP contribution in [0.1, 0.15) is 25.7 Å². The highest BCUT2D eigenvalue weighted by atomic mass is 16.1. The van der Waals surface area contributed by atoms with Crippen LogP contribution in [0.15, 0.2) is 23.3 Å². The lowest BCUT2D eigenvalue weighted by Crippen LogP contribution is -2.13. The van der Waals surface area contributed by atoms with Crippen molar-refractivity contribution in [2.24, 2.45) is 5.92 Å². The van der Waals surface area contributed by atoms with Gasteiger partial charge >= 0.3 is 0 Å². The Hall–Kier alpha value is -1.25. The summed E-state index contributed by atoms with van der Waals surface area (Å²) in [4.78, 5) is 11.1. The molecule has 0 aliphatic heterocycles. The van der Waals surface area contributed by atoms with Crippen molar-refractivity contribution in [2.45, 2.75) is 32.2 Å². The first kappa shape index (κ1) is 9.31. The van der Waals surface area contributed by atoms with Crippen LogP contribution >= 0.6 is 0 Å². The Bertz CT molecular complexity index is 364. The molecule has 2 N–H and O–H groups in total. The van der Waals surface area contributed by atoms with Crippen molar-refractivity contribution in [2.75, 3.05) is 5.73 Å². The minimum atomic E-state index is -0.0762. The van der Waals surface area contributed by atoms with Gasteiger partial charge in [0.1, 0.15) is 0 Å². The number of nitrogens with zero attached hydrogens (tertiary/aromatic N) is 1. The van der Waals surface area contributed by atoms with Crippen LogP contribution < -0.4 is 11.2 Å². The predicted molar refractivity (Wildman–Crippen MR) is 57.1 cm³/mol. The van der Waals surface area contributed by atoms with E-state index < -0.39 is 0 Å². The van der Waals surface area contributed by atoms with E-state index in [0.29, 0.717) is 5.69 Å². The van der Waals surface area contributed by atoms with Crippen LogP contribution in [-0.4, -0.2) is 4.57 Å². The molecule has 1 aliphatic carbocycles. The highest BCUT2D eigenvalue weighted by molar-refractivity contribution is 5.33. The van der Waals surface area contributed by atoms with Crippen LogP contribution in [0, 0.1) is 5.92 Å². The van der Waals surface area contributed by atoms with E-state index in [1.54, 1.807) is 12.3 Å². The van der Waals surface area contributed by atoms with Crippen LogP contribution in [0.5, 0.6) is 0 Å². The zero-order chi connectivity index (χ0) is 9.97. The van der Waals surface area contributed by atoms with Crippen molar-refractivity contribution in [1.82, 2.24) is 4.57 Å². The second kappa shape index (κ2) is 3.86. The van der Waals surface area contributed by atoms with E-state index in [1.807, 2.05) is 10.8 Å². The summed E-state index contributed by atoms with van der Waals surface area (Å²) < 4.78 is 2.03. The van der Waals surface area contributed by atoms with Gasteiger partial charge in [-0.05, 0) is 18.8 Å². The van der Waals surface area contributed by atoms with E-state index in [9.17, 15) is 4.79 Å². The zero-order valence-electron chi connectivity index (χ0n) is 8.28. The van der Waals surface area contributed by atoms with E-state index in [4.69, 9.17) is 5.73 Å². The zero-order valence-corrected chi connectivity index (χ0v) is 8.28. The maximum absolute atomic E-state index is 11.1. The first-order chi connectivity index (χ1) is 6.75. The molecule has 1 fully saturated rings. The third-order valence-corrected chi connectivity index (χ3v) is 2.95. The molecule has 1 saturated carbocycles. The van der Waals surface area contributed by atoms with E-state index in [2.05, 4.69) is 0 Å². The van der Waals surface area contributed by atoms with Gasteiger partial charge in [0, 0.05) is 25.0 Å². The summed E-state index contributed by atoms with van der Waals surface area (Å²) in [5.74, 6) is 0.775. The summed E-state index contributed by atoms with van der Waals surface area (Å²) in [5.41, 5.74) is 5.84. The number of hydrogen-bond donors (Lipinski definition) is 1. The predicted octanol–water partition coefficient (Wildman–Crippen LogP) is 1.62. The van der Waals surface area contributed by atoms with Gasteiger partial charge in [-0.2, -0.15) is 0 Å². The van der Waals surface area contributed by atoms with Gasteiger partial charge in [0.2, 0.25) is 5.43 Å². The van der Waals surface area contributed by atoms with Crippen molar-refractivity contribution in [3.8, 4) is 0 Å². The summed E-state index contributed by atoms with van der Waals surface area (Å²) >= 11 is 0. The number of nitrogens with two attached hydrogens (primary N) is 1. The van der Waals surface area contributed by atoms with Crippen LogP contribution in [0.4, 0.5) is 5.69 Å². The Morgan fingerprint density at radius 1 is 1.43 bits per heavy atom. The summed E-state index contributed by atoms with van der Waals surface area (Å²) in [6.07, 6.45) is 8.90.